The van der Waals surface area contributed by atoms with Gasteiger partial charge in [0.15, 0.2) is 17.3 Å². The summed E-state index contributed by atoms with van der Waals surface area (Å²) >= 11 is 9.67. The van der Waals surface area contributed by atoms with Gasteiger partial charge in [0.25, 0.3) is 0 Å². The van der Waals surface area contributed by atoms with E-state index in [9.17, 15) is 9.59 Å². The van der Waals surface area contributed by atoms with Crippen molar-refractivity contribution in [1.82, 2.24) is 5.32 Å². The molecule has 5 rings (SSSR count). The number of hydrogen-bond acceptors (Lipinski definition) is 6. The van der Waals surface area contributed by atoms with Gasteiger partial charge in [-0.3, -0.25) is 4.79 Å². The van der Waals surface area contributed by atoms with Crippen LogP contribution in [-0.4, -0.2) is 25.7 Å². The molecule has 0 aromatic heterocycles. The second kappa shape index (κ2) is 8.54. The van der Waals surface area contributed by atoms with Crippen LogP contribution in [0.1, 0.15) is 42.7 Å². The highest BCUT2D eigenvalue weighted by atomic mass is 79.9. The minimum Gasteiger partial charge on any atom is -0.466 e. The Balaban J connectivity index is 1.63. The normalized spacial score (nSPS) is 21.6. The summed E-state index contributed by atoms with van der Waals surface area (Å²) in [6.45, 7) is 1.96. The Kier molecular flexibility index (Phi) is 5.70. The van der Waals surface area contributed by atoms with Gasteiger partial charge in [0, 0.05) is 38.8 Å². The Morgan fingerprint density at radius 1 is 1.15 bits per heavy atom. The molecule has 2 aromatic rings. The van der Waals surface area contributed by atoms with Crippen molar-refractivity contribution in [1.29, 1.82) is 0 Å². The van der Waals surface area contributed by atoms with Crippen LogP contribution < -0.4 is 14.8 Å². The molecular formula is C25H21BrClNO5. The lowest BCUT2D eigenvalue weighted by Crippen LogP contribution is -2.36. The molecule has 2 aliphatic heterocycles. The van der Waals surface area contributed by atoms with Crippen LogP contribution in [0.25, 0.3) is 0 Å². The van der Waals surface area contributed by atoms with Crippen LogP contribution in [0.15, 0.2) is 63.4 Å². The predicted molar refractivity (Wildman–Crippen MR) is 126 cm³/mol. The zero-order valence-corrected chi connectivity index (χ0v) is 20.4. The summed E-state index contributed by atoms with van der Waals surface area (Å²) in [6.07, 6.45) is 0.988. The number of nitrogens with one attached hydrogen (secondary N) is 1. The van der Waals surface area contributed by atoms with E-state index in [4.69, 9.17) is 25.8 Å². The molecule has 8 heteroatoms. The number of allylic oxidation sites excluding steroid dienone is 3. The largest absolute Gasteiger partial charge is 0.466 e. The van der Waals surface area contributed by atoms with Crippen molar-refractivity contribution in [3.05, 3.63) is 79.6 Å². The molecular weight excluding hydrogens is 510 g/mol. The number of benzene rings is 2. The van der Waals surface area contributed by atoms with E-state index in [0.717, 1.165) is 21.3 Å². The van der Waals surface area contributed by atoms with Gasteiger partial charge in [-0.25, -0.2) is 4.79 Å². The van der Waals surface area contributed by atoms with Gasteiger partial charge in [-0.05, 0) is 54.7 Å². The number of ether oxygens (including phenoxy) is 3. The lowest BCUT2D eigenvalue weighted by Gasteiger charge is -2.37. The molecule has 0 amide bonds. The standard InChI is InChI=1S/C25H21BrClNO5/c1-12-22(25(30)31-2)23(16-9-20-21(10-17(16)26)33-11-32-20)24-18(28-12)7-14(8-19(24)29)13-3-5-15(27)6-4-13/h3-6,9-10,14,23,28H,7-8,11H2,1-2H3/t14-,23+/m1/s1. The molecule has 2 aromatic carbocycles. The van der Waals surface area contributed by atoms with Crippen molar-refractivity contribution >= 4 is 39.3 Å². The van der Waals surface area contributed by atoms with Crippen LogP contribution in [0.5, 0.6) is 11.5 Å². The zero-order valence-electron chi connectivity index (χ0n) is 18.0. The first-order valence-electron chi connectivity index (χ1n) is 10.5. The number of halogens is 2. The van der Waals surface area contributed by atoms with Crippen molar-refractivity contribution in [3.8, 4) is 11.5 Å². The van der Waals surface area contributed by atoms with Gasteiger partial charge in [0.05, 0.1) is 12.7 Å². The molecule has 0 saturated heterocycles. The molecule has 1 N–H and O–H groups in total. The van der Waals surface area contributed by atoms with Crippen LogP contribution in [0.3, 0.4) is 0 Å². The van der Waals surface area contributed by atoms with Crippen LogP contribution >= 0.6 is 27.5 Å². The molecule has 33 heavy (non-hydrogen) atoms. The number of Topliss-reactive ketones (excluding diaryl/α,β-unsaturated/α-hetero) is 1. The molecule has 3 aliphatic rings. The van der Waals surface area contributed by atoms with Crippen molar-refractivity contribution in [2.45, 2.75) is 31.6 Å². The van der Waals surface area contributed by atoms with Gasteiger partial charge in [-0.1, -0.05) is 39.7 Å². The molecule has 2 atom stereocenters. The van der Waals surface area contributed by atoms with E-state index < -0.39 is 11.9 Å². The summed E-state index contributed by atoms with van der Waals surface area (Å²) < 4.78 is 16.9. The summed E-state index contributed by atoms with van der Waals surface area (Å²) in [5, 5.41) is 4.00. The highest BCUT2D eigenvalue weighted by Crippen LogP contribution is 2.49. The van der Waals surface area contributed by atoms with E-state index in [1.807, 2.05) is 43.3 Å². The number of carbonyl (C=O) groups excluding carboxylic acids is 2. The number of ketones is 1. The van der Waals surface area contributed by atoms with Gasteiger partial charge in [-0.15, -0.1) is 0 Å². The fourth-order valence-electron chi connectivity index (χ4n) is 4.86. The molecule has 0 spiro atoms. The van der Waals surface area contributed by atoms with E-state index in [1.165, 1.54) is 7.11 Å². The minimum atomic E-state index is -0.587. The number of dihydropyridines is 1. The molecule has 170 valence electrons. The van der Waals surface area contributed by atoms with E-state index >= 15 is 0 Å². The van der Waals surface area contributed by atoms with Crippen LogP contribution in [0.4, 0.5) is 0 Å². The summed E-state index contributed by atoms with van der Waals surface area (Å²) in [5.74, 6) is 0.149. The molecule has 2 heterocycles. The summed E-state index contributed by atoms with van der Waals surface area (Å²) in [7, 11) is 1.34. The Hall–Kier alpha value is -2.77. The maximum Gasteiger partial charge on any atom is 0.336 e. The maximum absolute atomic E-state index is 13.6. The summed E-state index contributed by atoms with van der Waals surface area (Å²) in [6, 6.07) is 11.3. The quantitative estimate of drug-likeness (QED) is 0.538. The first kappa shape index (κ1) is 22.0. The SMILES string of the molecule is COC(=O)C1=C(C)NC2=C(C(=O)C[C@H](c3ccc(Cl)cc3)C2)[C@H]1c1cc2c(cc1Br)OCO2. The minimum absolute atomic E-state index is 0.00725. The number of fused-ring (bicyclic) bond motifs is 1. The van der Waals surface area contributed by atoms with E-state index in [-0.39, 0.29) is 18.5 Å². The monoisotopic (exact) mass is 529 g/mol. The van der Waals surface area contributed by atoms with Crippen LogP contribution in [0, 0.1) is 0 Å². The maximum atomic E-state index is 13.6. The van der Waals surface area contributed by atoms with E-state index in [0.29, 0.717) is 46.2 Å². The van der Waals surface area contributed by atoms with Crippen molar-refractivity contribution < 1.29 is 23.8 Å². The van der Waals surface area contributed by atoms with Gasteiger partial charge in [0.2, 0.25) is 6.79 Å². The first-order valence-corrected chi connectivity index (χ1v) is 11.7. The second-order valence-corrected chi connectivity index (χ2v) is 9.58. The number of hydrogen-bond donors (Lipinski definition) is 1. The third-order valence-corrected chi connectivity index (χ3v) is 7.32. The fourth-order valence-corrected chi connectivity index (χ4v) is 5.53. The Morgan fingerprint density at radius 2 is 1.85 bits per heavy atom. The molecule has 0 unspecified atom stereocenters. The number of rotatable bonds is 3. The number of carbonyl (C=O) groups is 2. The van der Waals surface area contributed by atoms with Gasteiger partial charge < -0.3 is 19.5 Å². The van der Waals surface area contributed by atoms with Crippen molar-refractivity contribution in [3.63, 3.8) is 0 Å². The Morgan fingerprint density at radius 3 is 2.55 bits per heavy atom. The average molecular weight is 531 g/mol. The average Bonchev–Trinajstić information content (AvgIpc) is 3.24. The predicted octanol–water partition coefficient (Wildman–Crippen LogP) is 5.37. The Labute approximate surface area is 204 Å². The van der Waals surface area contributed by atoms with Crippen LogP contribution in [-0.2, 0) is 14.3 Å². The Bertz CT molecular complexity index is 1230. The highest BCUT2D eigenvalue weighted by molar-refractivity contribution is 9.10. The molecule has 0 radical (unpaired) electrons. The smallest absolute Gasteiger partial charge is 0.336 e. The second-order valence-electron chi connectivity index (χ2n) is 8.29. The molecule has 0 saturated carbocycles. The van der Waals surface area contributed by atoms with E-state index in [1.54, 1.807) is 0 Å². The third kappa shape index (κ3) is 3.83. The molecule has 0 fully saturated rings. The third-order valence-electron chi connectivity index (χ3n) is 6.38. The summed E-state index contributed by atoms with van der Waals surface area (Å²) in [5.41, 5.74) is 4.30. The van der Waals surface area contributed by atoms with Crippen molar-refractivity contribution in [2.24, 2.45) is 0 Å². The number of methoxy groups -OCH3 is 1. The molecule has 0 bridgehead atoms. The van der Waals surface area contributed by atoms with Gasteiger partial charge in [0.1, 0.15) is 0 Å². The van der Waals surface area contributed by atoms with Gasteiger partial charge in [-0.2, -0.15) is 0 Å². The molecule has 6 nitrogen and oxygen atoms in total. The van der Waals surface area contributed by atoms with Crippen LogP contribution in [0.2, 0.25) is 5.02 Å². The zero-order chi connectivity index (χ0) is 23.3. The fraction of sp³-hybridized carbons (Fsp3) is 0.280. The lowest BCUT2D eigenvalue weighted by atomic mass is 9.71. The number of esters is 1. The highest BCUT2D eigenvalue weighted by Gasteiger charge is 2.42. The van der Waals surface area contributed by atoms with Crippen molar-refractivity contribution in [2.75, 3.05) is 13.9 Å². The molecule has 1 aliphatic carbocycles. The summed E-state index contributed by atoms with van der Waals surface area (Å²) in [4.78, 5) is 26.5. The van der Waals surface area contributed by atoms with Gasteiger partial charge >= 0.3 is 5.97 Å². The topological polar surface area (TPSA) is 73.9 Å². The first-order chi connectivity index (χ1) is 15.9. The lowest BCUT2D eigenvalue weighted by molar-refractivity contribution is -0.136. The van der Waals surface area contributed by atoms with E-state index in [2.05, 4.69) is 21.2 Å².